The van der Waals surface area contributed by atoms with E-state index in [1.807, 2.05) is 18.2 Å². The zero-order valence-corrected chi connectivity index (χ0v) is 13.2. The van der Waals surface area contributed by atoms with Crippen LogP contribution in [0.3, 0.4) is 0 Å². The van der Waals surface area contributed by atoms with Crippen molar-refractivity contribution in [3.8, 4) is 0 Å². The Balaban J connectivity index is 1.85. The molecule has 0 saturated carbocycles. The molecule has 2 aromatic carbocycles. The van der Waals surface area contributed by atoms with Gasteiger partial charge in [-0.1, -0.05) is 48.1 Å². The SMILES string of the molecule is NC(=S)c1ccc(NC2CCCc3ccccc32)cc1Cl. The van der Waals surface area contributed by atoms with Gasteiger partial charge in [0.15, 0.2) is 0 Å². The topological polar surface area (TPSA) is 38.0 Å². The van der Waals surface area contributed by atoms with Crippen molar-refractivity contribution in [2.45, 2.75) is 25.3 Å². The third-order valence-electron chi connectivity index (χ3n) is 3.94. The Hall–Kier alpha value is -1.58. The van der Waals surface area contributed by atoms with Crippen LogP contribution in [0, 0.1) is 0 Å². The van der Waals surface area contributed by atoms with Gasteiger partial charge in [-0.05, 0) is 48.6 Å². The van der Waals surface area contributed by atoms with Gasteiger partial charge in [0.2, 0.25) is 0 Å². The molecule has 3 N–H and O–H groups in total. The van der Waals surface area contributed by atoms with Gasteiger partial charge in [0.1, 0.15) is 4.99 Å². The molecule has 108 valence electrons. The molecule has 0 amide bonds. The summed E-state index contributed by atoms with van der Waals surface area (Å²) in [6.07, 6.45) is 3.49. The van der Waals surface area contributed by atoms with Gasteiger partial charge in [-0.3, -0.25) is 0 Å². The molecule has 0 radical (unpaired) electrons. The summed E-state index contributed by atoms with van der Waals surface area (Å²) in [6.45, 7) is 0. The first kappa shape index (κ1) is 14.4. The van der Waals surface area contributed by atoms with Crippen LogP contribution in [0.1, 0.15) is 35.6 Å². The number of nitrogens with two attached hydrogens (primary N) is 1. The highest BCUT2D eigenvalue weighted by atomic mass is 35.5. The second-order valence-corrected chi connectivity index (χ2v) is 6.19. The minimum absolute atomic E-state index is 0.328. The van der Waals surface area contributed by atoms with Gasteiger partial charge in [0.05, 0.1) is 11.1 Å². The van der Waals surface area contributed by atoms with Crippen LogP contribution in [0.4, 0.5) is 5.69 Å². The Morgan fingerprint density at radius 3 is 2.81 bits per heavy atom. The van der Waals surface area contributed by atoms with Gasteiger partial charge < -0.3 is 11.1 Å². The number of halogens is 1. The van der Waals surface area contributed by atoms with E-state index in [0.717, 1.165) is 24.1 Å². The van der Waals surface area contributed by atoms with Gasteiger partial charge >= 0.3 is 0 Å². The zero-order chi connectivity index (χ0) is 14.8. The molecule has 0 spiro atoms. The molecule has 21 heavy (non-hydrogen) atoms. The Bertz CT molecular complexity index is 684. The fourth-order valence-corrected chi connectivity index (χ4v) is 3.43. The maximum absolute atomic E-state index is 6.23. The quantitative estimate of drug-likeness (QED) is 0.821. The first-order valence-corrected chi connectivity index (χ1v) is 7.87. The van der Waals surface area contributed by atoms with Gasteiger partial charge in [-0.15, -0.1) is 0 Å². The fraction of sp³-hybridized carbons (Fsp3) is 0.235. The summed E-state index contributed by atoms with van der Waals surface area (Å²) in [5.74, 6) is 0. The van der Waals surface area contributed by atoms with Gasteiger partial charge in [-0.2, -0.15) is 0 Å². The van der Waals surface area contributed by atoms with Crippen molar-refractivity contribution in [2.75, 3.05) is 5.32 Å². The number of benzene rings is 2. The largest absolute Gasteiger partial charge is 0.389 e. The number of aryl methyl sites for hydroxylation is 1. The first-order valence-electron chi connectivity index (χ1n) is 7.09. The van der Waals surface area contributed by atoms with E-state index in [1.54, 1.807) is 0 Å². The molecule has 2 nitrogen and oxygen atoms in total. The number of thiocarbonyl (C=S) groups is 1. The monoisotopic (exact) mass is 316 g/mol. The fourth-order valence-electron chi connectivity index (χ4n) is 2.91. The normalized spacial score (nSPS) is 17.1. The molecule has 3 rings (SSSR count). The molecule has 0 saturated heterocycles. The summed E-state index contributed by atoms with van der Waals surface area (Å²) in [7, 11) is 0. The van der Waals surface area contributed by atoms with Gasteiger partial charge in [0, 0.05) is 11.3 Å². The second kappa shape index (κ2) is 6.04. The molecule has 4 heteroatoms. The Morgan fingerprint density at radius 2 is 2.05 bits per heavy atom. The lowest BCUT2D eigenvalue weighted by molar-refractivity contribution is 0.600. The molecule has 1 atom stereocenters. The molecule has 0 bridgehead atoms. The smallest absolute Gasteiger partial charge is 0.105 e. The van der Waals surface area contributed by atoms with Crippen molar-refractivity contribution in [1.29, 1.82) is 0 Å². The van der Waals surface area contributed by atoms with E-state index >= 15 is 0 Å². The number of anilines is 1. The predicted octanol–water partition coefficient (Wildman–Crippen LogP) is 4.46. The predicted molar refractivity (Wildman–Crippen MR) is 93.1 cm³/mol. The molecule has 0 heterocycles. The van der Waals surface area contributed by atoms with Crippen molar-refractivity contribution in [1.82, 2.24) is 0 Å². The van der Waals surface area contributed by atoms with Gasteiger partial charge in [-0.25, -0.2) is 0 Å². The van der Waals surface area contributed by atoms with Gasteiger partial charge in [0.25, 0.3) is 0 Å². The third kappa shape index (κ3) is 3.04. The first-order chi connectivity index (χ1) is 10.1. The Labute approximate surface area is 135 Å². The molecular formula is C17H17ClN2S. The van der Waals surface area contributed by atoms with E-state index < -0.39 is 0 Å². The zero-order valence-electron chi connectivity index (χ0n) is 11.6. The number of fused-ring (bicyclic) bond motifs is 1. The standard InChI is InChI=1S/C17H17ClN2S/c18-15-10-12(8-9-14(15)17(19)21)20-16-7-3-5-11-4-1-2-6-13(11)16/h1-2,4,6,8-10,16,20H,3,5,7H2,(H2,19,21). The average molecular weight is 317 g/mol. The van der Waals surface area contributed by atoms with E-state index in [2.05, 4.69) is 29.6 Å². The van der Waals surface area contributed by atoms with E-state index in [4.69, 9.17) is 29.6 Å². The van der Waals surface area contributed by atoms with Crippen molar-refractivity contribution >= 4 is 34.5 Å². The molecule has 1 aliphatic carbocycles. The highest BCUT2D eigenvalue weighted by Gasteiger charge is 2.19. The number of hydrogen-bond donors (Lipinski definition) is 2. The molecule has 0 aliphatic heterocycles. The molecule has 2 aromatic rings. The molecule has 1 aliphatic rings. The van der Waals surface area contributed by atoms with Crippen molar-refractivity contribution < 1.29 is 0 Å². The lowest BCUT2D eigenvalue weighted by Gasteiger charge is -2.27. The third-order valence-corrected chi connectivity index (χ3v) is 4.48. The Morgan fingerprint density at radius 1 is 1.24 bits per heavy atom. The van der Waals surface area contributed by atoms with Crippen LogP contribution in [-0.2, 0) is 6.42 Å². The minimum Gasteiger partial charge on any atom is -0.389 e. The van der Waals surface area contributed by atoms with E-state index in [9.17, 15) is 0 Å². The van der Waals surface area contributed by atoms with E-state index in [0.29, 0.717) is 16.1 Å². The summed E-state index contributed by atoms with van der Waals surface area (Å²) in [5, 5.41) is 4.17. The molecule has 0 aromatic heterocycles. The van der Waals surface area contributed by atoms with Crippen LogP contribution < -0.4 is 11.1 Å². The van der Waals surface area contributed by atoms with Crippen LogP contribution in [0.15, 0.2) is 42.5 Å². The summed E-state index contributed by atoms with van der Waals surface area (Å²) < 4.78 is 0. The summed E-state index contributed by atoms with van der Waals surface area (Å²) >= 11 is 11.2. The van der Waals surface area contributed by atoms with Crippen molar-refractivity contribution in [3.05, 3.63) is 64.2 Å². The lowest BCUT2D eigenvalue weighted by Crippen LogP contribution is -2.17. The average Bonchev–Trinajstić information content (AvgIpc) is 2.47. The van der Waals surface area contributed by atoms with Crippen LogP contribution >= 0.6 is 23.8 Å². The highest BCUT2D eigenvalue weighted by molar-refractivity contribution is 7.80. The second-order valence-electron chi connectivity index (χ2n) is 5.35. The number of rotatable bonds is 3. The van der Waals surface area contributed by atoms with E-state index in [-0.39, 0.29) is 0 Å². The molecule has 1 unspecified atom stereocenters. The maximum Gasteiger partial charge on any atom is 0.105 e. The maximum atomic E-state index is 6.23. The van der Waals surface area contributed by atoms with Crippen LogP contribution in [-0.4, -0.2) is 4.99 Å². The lowest BCUT2D eigenvalue weighted by atomic mass is 9.87. The van der Waals surface area contributed by atoms with Crippen molar-refractivity contribution in [3.63, 3.8) is 0 Å². The summed E-state index contributed by atoms with van der Waals surface area (Å²) in [5.41, 5.74) is 10.2. The number of nitrogens with one attached hydrogen (secondary N) is 1. The van der Waals surface area contributed by atoms with Crippen LogP contribution in [0.25, 0.3) is 0 Å². The summed E-state index contributed by atoms with van der Waals surface area (Å²) in [6, 6.07) is 14.7. The Kier molecular flexibility index (Phi) is 4.13. The van der Waals surface area contributed by atoms with Crippen molar-refractivity contribution in [2.24, 2.45) is 5.73 Å². The van der Waals surface area contributed by atoms with Crippen LogP contribution in [0.5, 0.6) is 0 Å². The summed E-state index contributed by atoms with van der Waals surface area (Å²) in [4.78, 5) is 0.328. The minimum atomic E-state index is 0.328. The number of hydrogen-bond acceptors (Lipinski definition) is 2. The van der Waals surface area contributed by atoms with E-state index in [1.165, 1.54) is 17.5 Å². The highest BCUT2D eigenvalue weighted by Crippen LogP contribution is 2.33. The van der Waals surface area contributed by atoms with Crippen LogP contribution in [0.2, 0.25) is 5.02 Å². The molecular weight excluding hydrogens is 300 g/mol. The molecule has 0 fully saturated rings.